The van der Waals surface area contributed by atoms with Gasteiger partial charge in [-0.05, 0) is 54.4 Å². The Morgan fingerprint density at radius 3 is 2.67 bits per heavy atom. The van der Waals surface area contributed by atoms with E-state index in [0.29, 0.717) is 28.1 Å². The van der Waals surface area contributed by atoms with E-state index in [9.17, 15) is 9.59 Å². The Labute approximate surface area is 172 Å². The van der Waals surface area contributed by atoms with Gasteiger partial charge in [-0.3, -0.25) is 14.5 Å². The lowest BCUT2D eigenvalue weighted by Gasteiger charge is -2.24. The second-order valence-electron chi connectivity index (χ2n) is 7.22. The topological polar surface area (TPSA) is 72.6 Å². The fourth-order valence-corrected chi connectivity index (χ4v) is 3.93. The van der Waals surface area contributed by atoms with Crippen molar-refractivity contribution in [2.75, 3.05) is 12.0 Å². The van der Waals surface area contributed by atoms with E-state index in [0.717, 1.165) is 11.1 Å². The van der Waals surface area contributed by atoms with Crippen LogP contribution in [0.1, 0.15) is 33.3 Å². The van der Waals surface area contributed by atoms with Crippen LogP contribution in [0.4, 0.5) is 5.82 Å². The number of methoxy groups -OCH3 is 1. The zero-order valence-corrected chi connectivity index (χ0v) is 16.5. The van der Waals surface area contributed by atoms with Gasteiger partial charge in [0.05, 0.1) is 24.1 Å². The molecule has 2 aromatic heterocycles. The van der Waals surface area contributed by atoms with Crippen LogP contribution in [0, 0.1) is 6.92 Å². The summed E-state index contributed by atoms with van der Waals surface area (Å²) in [6.45, 7) is 1.93. The molecular formula is C24H18N2O4. The van der Waals surface area contributed by atoms with E-state index in [1.807, 2.05) is 43.3 Å². The lowest BCUT2D eigenvalue weighted by Crippen LogP contribution is -2.30. The Balaban J connectivity index is 1.82. The van der Waals surface area contributed by atoms with Gasteiger partial charge in [0, 0.05) is 6.20 Å². The summed E-state index contributed by atoms with van der Waals surface area (Å²) in [5.74, 6) is 0.756. The zero-order chi connectivity index (χ0) is 20.8. The highest BCUT2D eigenvalue weighted by atomic mass is 16.5. The van der Waals surface area contributed by atoms with Crippen molar-refractivity contribution in [3.8, 4) is 5.75 Å². The number of hydrogen-bond donors (Lipinski definition) is 0. The third kappa shape index (κ3) is 2.69. The number of anilines is 1. The number of rotatable bonds is 3. The summed E-state index contributed by atoms with van der Waals surface area (Å²) in [7, 11) is 1.58. The average molecular weight is 398 g/mol. The molecule has 0 spiro atoms. The average Bonchev–Trinajstić information content (AvgIpc) is 3.06. The fraction of sp³-hybridized carbons (Fsp3) is 0.125. The van der Waals surface area contributed by atoms with Crippen molar-refractivity contribution in [1.29, 1.82) is 0 Å². The van der Waals surface area contributed by atoms with E-state index in [1.54, 1.807) is 37.6 Å². The van der Waals surface area contributed by atoms with Crippen LogP contribution in [0.3, 0.4) is 0 Å². The van der Waals surface area contributed by atoms with E-state index in [4.69, 9.17) is 9.15 Å². The van der Waals surface area contributed by atoms with Crippen molar-refractivity contribution in [3.63, 3.8) is 0 Å². The number of amides is 1. The number of aromatic nitrogens is 1. The highest BCUT2D eigenvalue weighted by Crippen LogP contribution is 2.41. The van der Waals surface area contributed by atoms with Gasteiger partial charge in [-0.15, -0.1) is 0 Å². The van der Waals surface area contributed by atoms with Crippen molar-refractivity contribution < 1.29 is 13.9 Å². The minimum Gasteiger partial charge on any atom is -0.497 e. The molecule has 0 radical (unpaired) electrons. The quantitative estimate of drug-likeness (QED) is 0.516. The highest BCUT2D eigenvalue weighted by Gasteiger charge is 2.44. The van der Waals surface area contributed by atoms with E-state index >= 15 is 0 Å². The molecule has 2 aromatic carbocycles. The molecule has 5 rings (SSSR count). The van der Waals surface area contributed by atoms with Crippen LogP contribution >= 0.6 is 0 Å². The molecule has 0 unspecified atom stereocenters. The predicted octanol–water partition coefficient (Wildman–Crippen LogP) is 4.25. The number of nitrogens with zero attached hydrogens (tertiary/aromatic N) is 2. The number of pyridine rings is 1. The molecule has 0 fully saturated rings. The molecule has 4 aromatic rings. The Morgan fingerprint density at radius 2 is 1.87 bits per heavy atom. The van der Waals surface area contributed by atoms with Gasteiger partial charge in [0.2, 0.25) is 5.76 Å². The smallest absolute Gasteiger partial charge is 0.296 e. The monoisotopic (exact) mass is 398 g/mol. The maximum atomic E-state index is 13.5. The first-order chi connectivity index (χ1) is 14.6. The number of aryl methyl sites for hydroxylation is 1. The number of carbonyl (C=O) groups excluding carboxylic acids is 1. The Hall–Kier alpha value is -3.93. The highest BCUT2D eigenvalue weighted by molar-refractivity contribution is 6.10. The first-order valence-corrected chi connectivity index (χ1v) is 9.54. The van der Waals surface area contributed by atoms with Gasteiger partial charge < -0.3 is 9.15 Å². The molecule has 0 saturated carbocycles. The third-order valence-electron chi connectivity index (χ3n) is 5.33. The standard InChI is InChI=1S/C24H18N2O4/c1-14-10-11-25-19(12-14)26-21(15-6-5-7-16(13-15)29-2)20-22(27)17-8-3-4-9-18(17)30-23(20)24(26)28/h3-13,21H,1-2H3/t21-/m1/s1. The number of fused-ring (bicyclic) bond motifs is 2. The molecule has 0 aliphatic carbocycles. The van der Waals surface area contributed by atoms with Crippen LogP contribution in [0.5, 0.6) is 5.75 Å². The summed E-state index contributed by atoms with van der Waals surface area (Å²) in [5.41, 5.74) is 2.18. The van der Waals surface area contributed by atoms with Crippen molar-refractivity contribution in [3.05, 3.63) is 99.5 Å². The zero-order valence-electron chi connectivity index (χ0n) is 16.5. The van der Waals surface area contributed by atoms with Crippen LogP contribution in [0.25, 0.3) is 11.0 Å². The minimum absolute atomic E-state index is 0.0508. The van der Waals surface area contributed by atoms with Gasteiger partial charge in [0.25, 0.3) is 5.91 Å². The summed E-state index contributed by atoms with van der Waals surface area (Å²) in [6, 6.07) is 17.3. The number of hydrogen-bond acceptors (Lipinski definition) is 5. The maximum Gasteiger partial charge on any atom is 0.296 e. The molecule has 1 atom stereocenters. The lowest BCUT2D eigenvalue weighted by molar-refractivity contribution is 0.0970. The molecule has 1 amide bonds. The summed E-state index contributed by atoms with van der Waals surface area (Å²) < 4.78 is 11.3. The number of carbonyl (C=O) groups is 1. The van der Waals surface area contributed by atoms with E-state index in [1.165, 1.54) is 4.90 Å². The van der Waals surface area contributed by atoms with Gasteiger partial charge in [-0.2, -0.15) is 0 Å². The van der Waals surface area contributed by atoms with E-state index in [-0.39, 0.29) is 11.2 Å². The molecule has 30 heavy (non-hydrogen) atoms. The van der Waals surface area contributed by atoms with Gasteiger partial charge in [-0.25, -0.2) is 4.98 Å². The summed E-state index contributed by atoms with van der Waals surface area (Å²) in [6.07, 6.45) is 1.65. The fourth-order valence-electron chi connectivity index (χ4n) is 3.93. The van der Waals surface area contributed by atoms with Crippen LogP contribution in [-0.2, 0) is 0 Å². The largest absolute Gasteiger partial charge is 0.497 e. The van der Waals surface area contributed by atoms with Crippen LogP contribution in [0.15, 0.2) is 76.1 Å². The molecule has 6 nitrogen and oxygen atoms in total. The van der Waals surface area contributed by atoms with Crippen molar-refractivity contribution in [2.24, 2.45) is 0 Å². The van der Waals surface area contributed by atoms with Crippen molar-refractivity contribution in [1.82, 2.24) is 4.98 Å². The number of ether oxygens (including phenoxy) is 1. The molecule has 0 bridgehead atoms. The van der Waals surface area contributed by atoms with Gasteiger partial charge in [0.1, 0.15) is 17.2 Å². The van der Waals surface area contributed by atoms with Gasteiger partial charge >= 0.3 is 0 Å². The van der Waals surface area contributed by atoms with E-state index in [2.05, 4.69) is 4.98 Å². The van der Waals surface area contributed by atoms with Crippen LogP contribution in [-0.4, -0.2) is 18.0 Å². The second kappa shape index (κ2) is 6.84. The normalized spacial score (nSPS) is 15.5. The van der Waals surface area contributed by atoms with Gasteiger partial charge in [-0.1, -0.05) is 24.3 Å². The van der Waals surface area contributed by atoms with Crippen LogP contribution < -0.4 is 15.1 Å². The Kier molecular flexibility index (Phi) is 4.13. The number of benzene rings is 2. The first-order valence-electron chi connectivity index (χ1n) is 9.54. The Bertz CT molecular complexity index is 1360. The van der Waals surface area contributed by atoms with E-state index < -0.39 is 11.9 Å². The number of para-hydroxylation sites is 1. The summed E-state index contributed by atoms with van der Waals surface area (Å²) in [5, 5.41) is 0.441. The molecule has 148 valence electrons. The second-order valence-corrected chi connectivity index (χ2v) is 7.22. The minimum atomic E-state index is -0.669. The Morgan fingerprint density at radius 1 is 1.03 bits per heavy atom. The van der Waals surface area contributed by atoms with Crippen molar-refractivity contribution >= 4 is 22.7 Å². The molecule has 0 N–H and O–H groups in total. The molecule has 3 heterocycles. The molecule has 0 saturated heterocycles. The third-order valence-corrected chi connectivity index (χ3v) is 5.33. The predicted molar refractivity (Wildman–Crippen MR) is 113 cm³/mol. The van der Waals surface area contributed by atoms with Gasteiger partial charge in [0.15, 0.2) is 5.43 Å². The maximum absolute atomic E-state index is 13.5. The first kappa shape index (κ1) is 18.1. The summed E-state index contributed by atoms with van der Waals surface area (Å²) >= 11 is 0. The molecule has 1 aliphatic rings. The summed E-state index contributed by atoms with van der Waals surface area (Å²) in [4.78, 5) is 32.8. The molecular weight excluding hydrogens is 380 g/mol. The molecule has 1 aliphatic heterocycles. The lowest BCUT2D eigenvalue weighted by atomic mass is 9.98. The SMILES string of the molecule is COc1cccc([C@@H]2c3c(oc4ccccc4c3=O)C(=O)N2c2cc(C)ccn2)c1. The van der Waals surface area contributed by atoms with Crippen LogP contribution in [0.2, 0.25) is 0 Å². The van der Waals surface area contributed by atoms with Crippen molar-refractivity contribution in [2.45, 2.75) is 13.0 Å². The molecule has 6 heteroatoms.